The third kappa shape index (κ3) is 3.35. The van der Waals surface area contributed by atoms with Gasteiger partial charge in [-0.2, -0.15) is 0 Å². The van der Waals surface area contributed by atoms with Crippen LogP contribution in [0.25, 0.3) is 0 Å². The van der Waals surface area contributed by atoms with E-state index in [2.05, 4.69) is 15.5 Å². The summed E-state index contributed by atoms with van der Waals surface area (Å²) in [4.78, 5) is 11.9. The Labute approximate surface area is 125 Å². The number of hydrogen-bond acceptors (Lipinski definition) is 5. The van der Waals surface area contributed by atoms with E-state index < -0.39 is 0 Å². The number of carbonyl (C=O) groups excluding carboxylic acids is 1. The number of carbonyl (C=O) groups is 1. The van der Waals surface area contributed by atoms with E-state index in [0.29, 0.717) is 17.3 Å². The number of hydrogen-bond donors (Lipinski definition) is 1. The average molecular weight is 299 g/mol. The zero-order valence-corrected chi connectivity index (χ0v) is 12.2. The van der Waals surface area contributed by atoms with E-state index >= 15 is 0 Å². The molecule has 2 heterocycles. The molecule has 3 aromatic rings. The van der Waals surface area contributed by atoms with Gasteiger partial charge in [-0.25, -0.2) is 0 Å². The highest BCUT2D eigenvalue weighted by molar-refractivity contribution is 7.15. The van der Waals surface area contributed by atoms with Crippen LogP contribution >= 0.6 is 11.3 Å². The molecule has 2 aromatic heterocycles. The fourth-order valence-electron chi connectivity index (χ4n) is 1.86. The second-order valence-corrected chi connectivity index (χ2v) is 5.59. The molecule has 0 fully saturated rings. The van der Waals surface area contributed by atoms with E-state index in [1.165, 1.54) is 11.3 Å². The van der Waals surface area contributed by atoms with Crippen molar-refractivity contribution in [2.45, 2.75) is 13.3 Å². The van der Waals surface area contributed by atoms with Crippen molar-refractivity contribution in [2.75, 3.05) is 5.32 Å². The molecular formula is C15H13N3O2S. The van der Waals surface area contributed by atoms with Gasteiger partial charge in [-0.15, -0.1) is 10.2 Å². The fourth-order valence-corrected chi connectivity index (χ4v) is 2.63. The predicted molar refractivity (Wildman–Crippen MR) is 80.6 cm³/mol. The van der Waals surface area contributed by atoms with Gasteiger partial charge in [-0.05, 0) is 24.6 Å². The molecule has 5 nitrogen and oxygen atoms in total. The number of amides is 1. The summed E-state index contributed by atoms with van der Waals surface area (Å²) in [5.74, 6) is 0.653. The van der Waals surface area contributed by atoms with Crippen LogP contribution < -0.4 is 5.32 Å². The number of aromatic nitrogens is 2. The highest BCUT2D eigenvalue weighted by Crippen LogP contribution is 2.19. The van der Waals surface area contributed by atoms with Crippen molar-refractivity contribution in [2.24, 2.45) is 0 Å². The van der Waals surface area contributed by atoms with Gasteiger partial charge in [0.25, 0.3) is 5.91 Å². The molecule has 0 saturated heterocycles. The molecule has 0 radical (unpaired) electrons. The molecule has 6 heteroatoms. The molecule has 0 atom stereocenters. The fraction of sp³-hybridized carbons (Fsp3) is 0.133. The van der Waals surface area contributed by atoms with Crippen molar-refractivity contribution in [3.8, 4) is 0 Å². The maximum Gasteiger partial charge on any atom is 0.293 e. The third-order valence-electron chi connectivity index (χ3n) is 2.85. The highest BCUT2D eigenvalue weighted by atomic mass is 32.1. The molecule has 0 aliphatic rings. The number of furan rings is 1. The van der Waals surface area contributed by atoms with E-state index in [4.69, 9.17) is 4.42 Å². The monoisotopic (exact) mass is 299 g/mol. The van der Waals surface area contributed by atoms with Gasteiger partial charge < -0.3 is 4.42 Å². The van der Waals surface area contributed by atoms with E-state index in [1.54, 1.807) is 19.1 Å². The van der Waals surface area contributed by atoms with Crippen LogP contribution in [0.3, 0.4) is 0 Å². The van der Waals surface area contributed by atoms with Gasteiger partial charge >= 0.3 is 0 Å². The van der Waals surface area contributed by atoms with E-state index in [9.17, 15) is 4.79 Å². The number of benzene rings is 1. The minimum Gasteiger partial charge on any atom is -0.456 e. The molecule has 106 valence electrons. The van der Waals surface area contributed by atoms with Crippen molar-refractivity contribution in [1.82, 2.24) is 10.2 Å². The van der Waals surface area contributed by atoms with Gasteiger partial charge in [-0.1, -0.05) is 41.7 Å². The van der Waals surface area contributed by atoms with Crippen molar-refractivity contribution in [3.63, 3.8) is 0 Å². The average Bonchev–Trinajstić information content (AvgIpc) is 3.09. The molecule has 0 bridgehead atoms. The summed E-state index contributed by atoms with van der Waals surface area (Å²) in [5.41, 5.74) is 1.16. The number of rotatable bonds is 4. The van der Waals surface area contributed by atoms with Crippen molar-refractivity contribution in [3.05, 3.63) is 64.6 Å². The minimum absolute atomic E-state index is 0.271. The lowest BCUT2D eigenvalue weighted by atomic mass is 10.2. The van der Waals surface area contributed by atoms with Crippen LogP contribution in [0.2, 0.25) is 0 Å². The molecule has 3 rings (SSSR count). The SMILES string of the molecule is Cc1ccc(C(=O)Nc2nnc(Cc3ccccc3)s2)o1. The third-order valence-corrected chi connectivity index (χ3v) is 3.69. The summed E-state index contributed by atoms with van der Waals surface area (Å²) >= 11 is 1.36. The molecule has 1 N–H and O–H groups in total. The molecule has 1 amide bonds. The van der Waals surface area contributed by atoms with Gasteiger partial charge in [0.05, 0.1) is 0 Å². The number of nitrogens with zero attached hydrogens (tertiary/aromatic N) is 2. The summed E-state index contributed by atoms with van der Waals surface area (Å²) in [6.45, 7) is 1.79. The molecular weight excluding hydrogens is 286 g/mol. The van der Waals surface area contributed by atoms with Gasteiger partial charge in [-0.3, -0.25) is 10.1 Å². The van der Waals surface area contributed by atoms with E-state index in [0.717, 1.165) is 10.6 Å². The number of anilines is 1. The Morgan fingerprint density at radius 3 is 2.71 bits per heavy atom. The molecule has 0 saturated carbocycles. The lowest BCUT2D eigenvalue weighted by Gasteiger charge is -1.97. The summed E-state index contributed by atoms with van der Waals surface area (Å²) in [6.07, 6.45) is 0.703. The first-order valence-corrected chi connectivity index (χ1v) is 7.26. The predicted octanol–water partition coefficient (Wildman–Crippen LogP) is 3.28. The Kier molecular flexibility index (Phi) is 3.79. The van der Waals surface area contributed by atoms with Crippen LogP contribution in [0.5, 0.6) is 0 Å². The van der Waals surface area contributed by atoms with E-state index in [-0.39, 0.29) is 11.7 Å². The second kappa shape index (κ2) is 5.88. The molecule has 0 unspecified atom stereocenters. The first-order valence-electron chi connectivity index (χ1n) is 6.45. The van der Waals surface area contributed by atoms with Crippen LogP contribution in [0.1, 0.15) is 26.9 Å². The normalized spacial score (nSPS) is 10.5. The Morgan fingerprint density at radius 1 is 1.19 bits per heavy atom. The highest BCUT2D eigenvalue weighted by Gasteiger charge is 2.13. The van der Waals surface area contributed by atoms with Crippen molar-refractivity contribution >= 4 is 22.4 Å². The second-order valence-electron chi connectivity index (χ2n) is 4.53. The molecule has 21 heavy (non-hydrogen) atoms. The standard InChI is InChI=1S/C15H13N3O2S/c1-10-7-8-12(20-10)14(19)16-15-18-17-13(21-15)9-11-5-3-2-4-6-11/h2-8H,9H2,1H3,(H,16,18,19). The minimum atomic E-state index is -0.314. The Balaban J connectivity index is 1.66. The molecule has 0 aliphatic carbocycles. The lowest BCUT2D eigenvalue weighted by Crippen LogP contribution is -2.10. The Hall–Kier alpha value is -2.47. The number of aryl methyl sites for hydroxylation is 1. The van der Waals surface area contributed by atoms with Crippen molar-refractivity contribution in [1.29, 1.82) is 0 Å². The summed E-state index contributed by atoms with van der Waals surface area (Å²) in [5, 5.41) is 12.1. The smallest absolute Gasteiger partial charge is 0.293 e. The maximum absolute atomic E-state index is 11.9. The van der Waals surface area contributed by atoms with Gasteiger partial charge in [0.15, 0.2) is 5.76 Å². The summed E-state index contributed by atoms with van der Waals surface area (Å²) in [6, 6.07) is 13.4. The Bertz CT molecular complexity index is 749. The summed E-state index contributed by atoms with van der Waals surface area (Å²) in [7, 11) is 0. The summed E-state index contributed by atoms with van der Waals surface area (Å²) < 4.78 is 5.26. The topological polar surface area (TPSA) is 68.0 Å². The molecule has 0 spiro atoms. The van der Waals surface area contributed by atoms with Crippen LogP contribution in [0.15, 0.2) is 46.9 Å². The van der Waals surface area contributed by atoms with Gasteiger partial charge in [0, 0.05) is 6.42 Å². The zero-order valence-electron chi connectivity index (χ0n) is 11.4. The quantitative estimate of drug-likeness (QED) is 0.802. The Morgan fingerprint density at radius 2 is 2.00 bits per heavy atom. The first kappa shape index (κ1) is 13.5. The molecule has 0 aliphatic heterocycles. The number of nitrogens with one attached hydrogen (secondary N) is 1. The first-order chi connectivity index (χ1) is 10.2. The zero-order chi connectivity index (χ0) is 14.7. The van der Waals surface area contributed by atoms with Gasteiger partial charge in [0.1, 0.15) is 10.8 Å². The molecule has 1 aromatic carbocycles. The van der Waals surface area contributed by atoms with Crippen LogP contribution in [0.4, 0.5) is 5.13 Å². The van der Waals surface area contributed by atoms with Crippen LogP contribution in [-0.2, 0) is 6.42 Å². The maximum atomic E-state index is 11.9. The van der Waals surface area contributed by atoms with Gasteiger partial charge in [0.2, 0.25) is 5.13 Å². The van der Waals surface area contributed by atoms with Crippen molar-refractivity contribution < 1.29 is 9.21 Å². The van der Waals surface area contributed by atoms with E-state index in [1.807, 2.05) is 30.3 Å². The largest absolute Gasteiger partial charge is 0.456 e. The van der Waals surface area contributed by atoms with Crippen LogP contribution in [0, 0.1) is 6.92 Å². The van der Waals surface area contributed by atoms with Crippen LogP contribution in [-0.4, -0.2) is 16.1 Å². The lowest BCUT2D eigenvalue weighted by molar-refractivity contribution is 0.0995.